The predicted octanol–water partition coefficient (Wildman–Crippen LogP) is 5.07. The van der Waals surface area contributed by atoms with Crippen LogP contribution < -0.4 is 15.8 Å². The van der Waals surface area contributed by atoms with Gasteiger partial charge in [-0.25, -0.2) is 0 Å². The van der Waals surface area contributed by atoms with Gasteiger partial charge in [0.05, 0.1) is 22.6 Å². The minimum atomic E-state index is -5.22. The third-order valence-electron chi connectivity index (χ3n) is 7.34. The fourth-order valence-corrected chi connectivity index (χ4v) is 7.63. The molecule has 0 radical (unpaired) electrons. The maximum atomic E-state index is 12.5. The fraction of sp³-hybridized carbons (Fsp3) is 0.0690. The van der Waals surface area contributed by atoms with Gasteiger partial charge in [-0.3, -0.25) is 23.0 Å². The smallest absolute Gasteiger partial charge is 0.297 e. The van der Waals surface area contributed by atoms with Gasteiger partial charge in [-0.05, 0) is 53.2 Å². The number of fused-ring (bicyclic) bond motifs is 2. The molecule has 0 spiro atoms. The highest BCUT2D eigenvalue weighted by Crippen LogP contribution is 2.46. The van der Waals surface area contributed by atoms with Crippen molar-refractivity contribution >= 4 is 102 Å². The standard InChI is InChI=1S/C29H24N6O15S4/c1-13(36)31-21-11-23(34-35-27-25(53(44,45)46)8-15-7-17(52(41,42)43)10-19(30)26(15)28(27)37)24(50-2)12-22(21)33-32-20-6-4-14-3-5-16(51(38,39)40)9-18(14)29(20)54(47,48)49/h3-12,37H,30H2,1-2H3,(H,31,36)(H,38,39,40)(H,41,42,43)(H,44,45,46)(H,47,48,49). The molecule has 0 aliphatic rings. The van der Waals surface area contributed by atoms with Gasteiger partial charge in [0, 0.05) is 29.4 Å². The number of benzene rings is 5. The summed E-state index contributed by atoms with van der Waals surface area (Å²) in [5.74, 6) is -1.87. The van der Waals surface area contributed by atoms with Crippen LogP contribution in [0, 0.1) is 0 Å². The lowest BCUT2D eigenvalue weighted by Gasteiger charge is -2.13. The molecule has 21 nitrogen and oxygen atoms in total. The molecule has 0 heterocycles. The Morgan fingerprint density at radius 3 is 1.87 bits per heavy atom. The molecule has 284 valence electrons. The number of nitrogens with two attached hydrogens (primary N) is 1. The number of nitrogen functional groups attached to an aromatic ring is 1. The average Bonchev–Trinajstić information content (AvgIpc) is 3.04. The van der Waals surface area contributed by atoms with Crippen LogP contribution in [0.3, 0.4) is 0 Å². The third kappa shape index (κ3) is 8.11. The van der Waals surface area contributed by atoms with Gasteiger partial charge in [-0.15, -0.1) is 20.5 Å². The number of anilines is 2. The van der Waals surface area contributed by atoms with Crippen molar-refractivity contribution in [3.05, 3.63) is 60.7 Å². The number of hydrogen-bond donors (Lipinski definition) is 7. The van der Waals surface area contributed by atoms with Crippen LogP contribution in [0.2, 0.25) is 0 Å². The second-order valence-electron chi connectivity index (χ2n) is 11.0. The number of nitrogens with one attached hydrogen (secondary N) is 1. The first kappa shape index (κ1) is 39.5. The van der Waals surface area contributed by atoms with E-state index in [1.807, 2.05) is 0 Å². The van der Waals surface area contributed by atoms with Crippen molar-refractivity contribution in [1.29, 1.82) is 0 Å². The third-order valence-corrected chi connectivity index (χ3v) is 10.8. The first-order chi connectivity index (χ1) is 24.9. The van der Waals surface area contributed by atoms with E-state index in [4.69, 9.17) is 10.5 Å². The van der Waals surface area contributed by atoms with E-state index >= 15 is 0 Å². The second-order valence-corrected chi connectivity index (χ2v) is 16.6. The summed E-state index contributed by atoms with van der Waals surface area (Å²) in [5.41, 5.74) is 3.35. The largest absolute Gasteiger partial charge is 0.505 e. The van der Waals surface area contributed by atoms with Gasteiger partial charge in [0.15, 0.2) is 5.75 Å². The van der Waals surface area contributed by atoms with Crippen molar-refractivity contribution in [2.45, 2.75) is 26.5 Å². The highest BCUT2D eigenvalue weighted by Gasteiger charge is 2.26. The molecule has 0 unspecified atom stereocenters. The fourth-order valence-electron chi connectivity index (χ4n) is 5.09. The lowest BCUT2D eigenvalue weighted by atomic mass is 10.1. The Morgan fingerprint density at radius 1 is 0.685 bits per heavy atom. The molecule has 0 aromatic heterocycles. The van der Waals surface area contributed by atoms with Crippen molar-refractivity contribution in [3.8, 4) is 11.5 Å². The van der Waals surface area contributed by atoms with Crippen LogP contribution in [0.1, 0.15) is 6.92 Å². The van der Waals surface area contributed by atoms with Crippen LogP contribution in [0.15, 0.2) is 101 Å². The van der Waals surface area contributed by atoms with Crippen molar-refractivity contribution in [1.82, 2.24) is 0 Å². The summed E-state index contributed by atoms with van der Waals surface area (Å²) in [6.45, 7) is 1.10. The molecule has 1 amide bonds. The first-order valence-electron chi connectivity index (χ1n) is 14.3. The van der Waals surface area contributed by atoms with Crippen molar-refractivity contribution in [2.24, 2.45) is 20.5 Å². The number of nitrogens with zero attached hydrogens (tertiary/aromatic N) is 4. The van der Waals surface area contributed by atoms with Gasteiger partial charge < -0.3 is 20.9 Å². The van der Waals surface area contributed by atoms with E-state index in [0.717, 1.165) is 56.5 Å². The van der Waals surface area contributed by atoms with Crippen LogP contribution in [0.4, 0.5) is 34.1 Å². The van der Waals surface area contributed by atoms with Gasteiger partial charge in [-0.2, -0.15) is 33.7 Å². The zero-order valence-corrected chi connectivity index (χ0v) is 30.4. The Bertz CT molecular complexity index is 2950. The van der Waals surface area contributed by atoms with Crippen LogP contribution >= 0.6 is 0 Å². The second kappa shape index (κ2) is 14.0. The van der Waals surface area contributed by atoms with E-state index in [2.05, 4.69) is 25.8 Å². The van der Waals surface area contributed by atoms with E-state index in [1.165, 1.54) is 12.1 Å². The number of ether oxygens (including phenoxy) is 1. The molecule has 0 bridgehead atoms. The summed E-state index contributed by atoms with van der Waals surface area (Å²) in [4.78, 5) is 8.74. The Morgan fingerprint density at radius 2 is 1.30 bits per heavy atom. The van der Waals surface area contributed by atoms with Gasteiger partial charge in [0.25, 0.3) is 40.5 Å². The number of phenols is 1. The van der Waals surface area contributed by atoms with Crippen LogP contribution in [-0.4, -0.2) is 70.0 Å². The summed E-state index contributed by atoms with van der Waals surface area (Å²) in [5, 5.41) is 28.0. The Kier molecular flexibility index (Phi) is 10.2. The highest BCUT2D eigenvalue weighted by molar-refractivity contribution is 7.86. The summed E-state index contributed by atoms with van der Waals surface area (Å²) in [7, 11) is -18.8. The molecule has 5 aromatic rings. The zero-order chi connectivity index (χ0) is 40.1. The normalized spacial score (nSPS) is 12.9. The number of aromatic hydroxyl groups is 1. The topological polar surface area (TPSA) is 352 Å². The number of methoxy groups -OCH3 is 1. The number of phenolic OH excluding ortho intramolecular Hbond substituents is 1. The SMILES string of the molecule is COc1cc(N=Nc2ccc3ccc(S(=O)(=O)O)cc3c2S(=O)(=O)O)c(NC(C)=O)cc1N=Nc1c(S(=O)(=O)O)cc2cc(S(=O)(=O)O)cc(N)c2c1O. The predicted molar refractivity (Wildman–Crippen MR) is 189 cm³/mol. The van der Waals surface area contributed by atoms with Crippen LogP contribution in [0.25, 0.3) is 21.5 Å². The molecule has 0 saturated carbocycles. The van der Waals surface area contributed by atoms with Crippen molar-refractivity contribution < 1.29 is 66.5 Å². The number of azo groups is 2. The zero-order valence-electron chi connectivity index (χ0n) is 27.1. The summed E-state index contributed by atoms with van der Waals surface area (Å²) in [6.07, 6.45) is 0. The Labute approximate surface area is 304 Å². The maximum Gasteiger partial charge on any atom is 0.297 e. The van der Waals surface area contributed by atoms with Gasteiger partial charge in [-0.1, -0.05) is 12.1 Å². The molecular formula is C29H24N6O15S4. The molecule has 8 N–H and O–H groups in total. The van der Waals surface area contributed by atoms with Crippen molar-refractivity contribution in [2.75, 3.05) is 18.2 Å². The molecular weight excluding hydrogens is 801 g/mol. The summed E-state index contributed by atoms with van der Waals surface area (Å²) >= 11 is 0. The van der Waals surface area contributed by atoms with Gasteiger partial charge >= 0.3 is 0 Å². The summed E-state index contributed by atoms with van der Waals surface area (Å²) in [6, 6.07) is 9.86. The molecule has 0 fully saturated rings. The monoisotopic (exact) mass is 824 g/mol. The van der Waals surface area contributed by atoms with Crippen LogP contribution in [-0.2, 0) is 45.3 Å². The van der Waals surface area contributed by atoms with E-state index in [0.29, 0.717) is 6.07 Å². The first-order valence-corrected chi connectivity index (χ1v) is 20.0. The van der Waals surface area contributed by atoms with E-state index < -0.39 is 88.8 Å². The number of rotatable bonds is 10. The minimum Gasteiger partial charge on any atom is -0.505 e. The Balaban J connectivity index is 1.68. The average molecular weight is 825 g/mol. The van der Waals surface area contributed by atoms with Crippen molar-refractivity contribution in [3.63, 3.8) is 0 Å². The van der Waals surface area contributed by atoms with E-state index in [1.54, 1.807) is 0 Å². The van der Waals surface area contributed by atoms with E-state index in [9.17, 15) is 61.8 Å². The minimum absolute atomic E-state index is 0.129. The number of amides is 1. The molecule has 5 rings (SSSR count). The summed E-state index contributed by atoms with van der Waals surface area (Å²) < 4.78 is 141. The molecule has 25 heteroatoms. The molecule has 0 saturated heterocycles. The van der Waals surface area contributed by atoms with E-state index in [-0.39, 0.29) is 44.4 Å². The number of carbonyl (C=O) groups is 1. The Hall–Kier alpha value is -5.67. The van der Waals surface area contributed by atoms with Gasteiger partial charge in [0.1, 0.15) is 38.3 Å². The molecule has 0 atom stereocenters. The molecule has 0 aliphatic heterocycles. The lowest BCUT2D eigenvalue weighted by Crippen LogP contribution is -2.06. The number of hydrogen-bond acceptors (Lipinski definition) is 16. The quantitative estimate of drug-likeness (QED) is 0.0549. The molecule has 54 heavy (non-hydrogen) atoms. The lowest BCUT2D eigenvalue weighted by molar-refractivity contribution is -0.114. The van der Waals surface area contributed by atoms with Crippen LogP contribution in [0.5, 0.6) is 11.5 Å². The molecule has 0 aliphatic carbocycles. The highest BCUT2D eigenvalue weighted by atomic mass is 32.2. The van der Waals surface area contributed by atoms with Gasteiger partial charge in [0.2, 0.25) is 5.91 Å². The molecule has 5 aromatic carbocycles. The number of carbonyl (C=O) groups excluding carboxylic acids is 1. The maximum absolute atomic E-state index is 12.5.